The van der Waals surface area contributed by atoms with E-state index in [9.17, 15) is 14.4 Å². The Morgan fingerprint density at radius 1 is 1.30 bits per heavy atom. The van der Waals surface area contributed by atoms with Crippen molar-refractivity contribution in [1.29, 1.82) is 0 Å². The van der Waals surface area contributed by atoms with Gasteiger partial charge in [-0.3, -0.25) is 24.8 Å². The first-order chi connectivity index (χ1) is 9.40. The molecule has 3 amide bonds. The van der Waals surface area contributed by atoms with Gasteiger partial charge in [-0.1, -0.05) is 18.2 Å². The molecule has 1 aliphatic heterocycles. The molecule has 1 heterocycles. The zero-order valence-electron chi connectivity index (χ0n) is 11.7. The Bertz CT molecular complexity index is 563. The molecule has 1 saturated heterocycles. The summed E-state index contributed by atoms with van der Waals surface area (Å²) in [5.74, 6) is -2.10. The van der Waals surface area contributed by atoms with Crippen LogP contribution < -0.4 is 10.7 Å². The number of carbonyl (C=O) groups is 3. The SMILES string of the molecule is Cc1cccc(C)c1NC(=O)CC1C(=O)NN(C)C1=O. The van der Waals surface area contributed by atoms with E-state index in [1.807, 2.05) is 32.0 Å². The van der Waals surface area contributed by atoms with Crippen molar-refractivity contribution in [2.24, 2.45) is 5.92 Å². The van der Waals surface area contributed by atoms with Gasteiger partial charge in [0.2, 0.25) is 5.91 Å². The highest BCUT2D eigenvalue weighted by Crippen LogP contribution is 2.21. The molecule has 1 aromatic rings. The van der Waals surface area contributed by atoms with Crippen LogP contribution in [-0.2, 0) is 14.4 Å². The van der Waals surface area contributed by atoms with E-state index in [1.165, 1.54) is 7.05 Å². The Balaban J connectivity index is 2.07. The molecule has 2 N–H and O–H groups in total. The lowest BCUT2D eigenvalue weighted by molar-refractivity contribution is -0.134. The van der Waals surface area contributed by atoms with Crippen LogP contribution in [0.1, 0.15) is 17.5 Å². The van der Waals surface area contributed by atoms with Crippen LogP contribution in [0.5, 0.6) is 0 Å². The molecule has 20 heavy (non-hydrogen) atoms. The average Bonchev–Trinajstić information content (AvgIpc) is 2.61. The van der Waals surface area contributed by atoms with Gasteiger partial charge in [0.1, 0.15) is 5.92 Å². The third-order valence-corrected chi connectivity index (χ3v) is 3.36. The molecule has 6 nitrogen and oxygen atoms in total. The molecule has 2 rings (SSSR count). The second-order valence-corrected chi connectivity index (χ2v) is 4.95. The number of para-hydroxylation sites is 1. The smallest absolute Gasteiger partial charge is 0.253 e. The van der Waals surface area contributed by atoms with Crippen molar-refractivity contribution in [3.63, 3.8) is 0 Å². The summed E-state index contributed by atoms with van der Waals surface area (Å²) in [5.41, 5.74) is 4.99. The monoisotopic (exact) mass is 275 g/mol. The molecule has 6 heteroatoms. The van der Waals surface area contributed by atoms with E-state index < -0.39 is 11.8 Å². The molecule has 0 radical (unpaired) electrons. The van der Waals surface area contributed by atoms with Gasteiger partial charge in [0.05, 0.1) is 0 Å². The molecule has 0 aromatic heterocycles. The maximum Gasteiger partial charge on any atom is 0.253 e. The fourth-order valence-electron chi connectivity index (χ4n) is 2.21. The van der Waals surface area contributed by atoms with Crippen molar-refractivity contribution in [2.45, 2.75) is 20.3 Å². The highest BCUT2D eigenvalue weighted by Gasteiger charge is 2.38. The second kappa shape index (κ2) is 5.32. The van der Waals surface area contributed by atoms with Gasteiger partial charge >= 0.3 is 0 Å². The number of anilines is 1. The minimum atomic E-state index is -0.940. The predicted octanol–water partition coefficient (Wildman–Crippen LogP) is 0.751. The number of hydrogen-bond acceptors (Lipinski definition) is 3. The minimum Gasteiger partial charge on any atom is -0.326 e. The number of hydrazine groups is 1. The number of aryl methyl sites for hydroxylation is 2. The fourth-order valence-corrected chi connectivity index (χ4v) is 2.21. The molecular weight excluding hydrogens is 258 g/mol. The molecule has 0 spiro atoms. The van der Waals surface area contributed by atoms with E-state index >= 15 is 0 Å². The third kappa shape index (κ3) is 2.64. The Morgan fingerprint density at radius 3 is 2.40 bits per heavy atom. The highest BCUT2D eigenvalue weighted by molar-refractivity contribution is 6.09. The number of hydrogen-bond donors (Lipinski definition) is 2. The normalized spacial score (nSPS) is 18.1. The summed E-state index contributed by atoms with van der Waals surface area (Å²) in [7, 11) is 1.46. The van der Waals surface area contributed by atoms with Crippen LogP contribution in [0.25, 0.3) is 0 Å². The Kier molecular flexibility index (Phi) is 3.74. The Morgan fingerprint density at radius 2 is 1.90 bits per heavy atom. The summed E-state index contributed by atoms with van der Waals surface area (Å²) < 4.78 is 0. The first kappa shape index (κ1) is 14.0. The maximum atomic E-state index is 12.0. The predicted molar refractivity (Wildman–Crippen MR) is 73.6 cm³/mol. The molecule has 1 aliphatic rings. The Hall–Kier alpha value is -2.37. The van der Waals surface area contributed by atoms with Gasteiger partial charge in [0, 0.05) is 19.2 Å². The van der Waals surface area contributed by atoms with E-state index in [1.54, 1.807) is 0 Å². The number of rotatable bonds is 3. The van der Waals surface area contributed by atoms with E-state index in [0.717, 1.165) is 21.8 Å². The summed E-state index contributed by atoms with van der Waals surface area (Å²) in [5, 5.41) is 3.88. The lowest BCUT2D eigenvalue weighted by Gasteiger charge is -2.12. The topological polar surface area (TPSA) is 78.5 Å². The molecule has 0 bridgehead atoms. The van der Waals surface area contributed by atoms with Crippen molar-refractivity contribution >= 4 is 23.4 Å². The van der Waals surface area contributed by atoms with Crippen LogP contribution in [0.3, 0.4) is 0 Å². The number of amides is 3. The summed E-state index contributed by atoms with van der Waals surface area (Å²) in [6.45, 7) is 3.79. The molecule has 0 saturated carbocycles. The van der Waals surface area contributed by atoms with E-state index in [4.69, 9.17) is 0 Å². The van der Waals surface area contributed by atoms with Crippen molar-refractivity contribution < 1.29 is 14.4 Å². The average molecular weight is 275 g/mol. The van der Waals surface area contributed by atoms with Gasteiger partial charge in [-0.15, -0.1) is 0 Å². The Labute approximate surface area is 117 Å². The lowest BCUT2D eigenvalue weighted by Crippen LogP contribution is -2.31. The van der Waals surface area contributed by atoms with Crippen LogP contribution in [0.15, 0.2) is 18.2 Å². The zero-order chi connectivity index (χ0) is 14.9. The maximum absolute atomic E-state index is 12.0. The van der Waals surface area contributed by atoms with E-state index in [2.05, 4.69) is 10.7 Å². The van der Waals surface area contributed by atoms with Crippen molar-refractivity contribution in [3.8, 4) is 0 Å². The molecule has 1 unspecified atom stereocenters. The minimum absolute atomic E-state index is 0.150. The summed E-state index contributed by atoms with van der Waals surface area (Å²) in [4.78, 5) is 35.3. The van der Waals surface area contributed by atoms with Gasteiger partial charge in [-0.05, 0) is 25.0 Å². The number of benzene rings is 1. The zero-order valence-corrected chi connectivity index (χ0v) is 11.7. The van der Waals surface area contributed by atoms with Gasteiger partial charge < -0.3 is 5.32 Å². The molecule has 0 aliphatic carbocycles. The van der Waals surface area contributed by atoms with Gasteiger partial charge in [-0.25, -0.2) is 0 Å². The molecule has 106 valence electrons. The van der Waals surface area contributed by atoms with Crippen molar-refractivity contribution in [3.05, 3.63) is 29.3 Å². The summed E-state index contributed by atoms with van der Waals surface area (Å²) in [6.07, 6.45) is -0.150. The van der Waals surface area contributed by atoms with Crippen molar-refractivity contribution in [2.75, 3.05) is 12.4 Å². The van der Waals surface area contributed by atoms with Crippen LogP contribution in [0.4, 0.5) is 5.69 Å². The molecule has 1 aromatic carbocycles. The van der Waals surface area contributed by atoms with Crippen LogP contribution in [-0.4, -0.2) is 29.8 Å². The first-order valence-corrected chi connectivity index (χ1v) is 6.34. The lowest BCUT2D eigenvalue weighted by atomic mass is 10.0. The van der Waals surface area contributed by atoms with Crippen LogP contribution in [0, 0.1) is 19.8 Å². The largest absolute Gasteiger partial charge is 0.326 e. The van der Waals surface area contributed by atoms with E-state index in [0.29, 0.717) is 0 Å². The van der Waals surface area contributed by atoms with E-state index in [-0.39, 0.29) is 18.2 Å². The highest BCUT2D eigenvalue weighted by atomic mass is 16.2. The van der Waals surface area contributed by atoms with Gasteiger partial charge in [-0.2, -0.15) is 0 Å². The van der Waals surface area contributed by atoms with Crippen LogP contribution in [0.2, 0.25) is 0 Å². The van der Waals surface area contributed by atoms with Gasteiger partial charge in [0.15, 0.2) is 0 Å². The molecular formula is C14H17N3O3. The third-order valence-electron chi connectivity index (χ3n) is 3.36. The fraction of sp³-hybridized carbons (Fsp3) is 0.357. The van der Waals surface area contributed by atoms with Crippen molar-refractivity contribution in [1.82, 2.24) is 10.4 Å². The quantitative estimate of drug-likeness (QED) is 0.799. The van der Waals surface area contributed by atoms with Gasteiger partial charge in [0.25, 0.3) is 11.8 Å². The standard InChI is InChI=1S/C14H17N3O3/c1-8-5-4-6-9(2)12(8)15-11(18)7-10-13(19)16-17(3)14(10)20/h4-6,10H,7H2,1-3H3,(H,15,18)(H,16,19). The summed E-state index contributed by atoms with van der Waals surface area (Å²) >= 11 is 0. The first-order valence-electron chi connectivity index (χ1n) is 6.34. The number of nitrogens with zero attached hydrogens (tertiary/aromatic N) is 1. The molecule has 1 atom stereocenters. The van der Waals surface area contributed by atoms with Crippen LogP contribution >= 0.6 is 0 Å². The second-order valence-electron chi connectivity index (χ2n) is 4.95. The molecule has 1 fully saturated rings. The number of carbonyl (C=O) groups excluding carboxylic acids is 3. The number of nitrogens with one attached hydrogen (secondary N) is 2. The summed E-state index contributed by atoms with van der Waals surface area (Å²) in [6, 6.07) is 5.69.